The minimum Gasteiger partial charge on any atom is -0.309 e. The van der Waals surface area contributed by atoms with E-state index in [9.17, 15) is 0 Å². The Morgan fingerprint density at radius 1 is 0.188 bits per heavy atom. The first-order valence-corrected chi connectivity index (χ1v) is 27.2. The fraction of sp³-hybridized carbons (Fsp3) is 0. The van der Waals surface area contributed by atoms with Gasteiger partial charge in [0.15, 0.2) is 17.5 Å². The van der Waals surface area contributed by atoms with Gasteiger partial charge in [-0.2, -0.15) is 0 Å². The van der Waals surface area contributed by atoms with Gasteiger partial charge >= 0.3 is 0 Å². The monoisotopic (exact) mass is 1020 g/mol. The average molecular weight is 1020 g/mol. The molecule has 374 valence electrons. The number of hydrogen-bond donors (Lipinski definition) is 0. The standard InChI is InChI=1S/C75H49N5/c1-4-18-50(19-5-1)57-40-46-67-65-28-14-16-30-69(65)79(71(67)48-57)59-42-36-51(37-43-59)58-41-47-68-66-29-15-17-31-70(66)80(72(68)49-58)60-44-38-53(39-45-60)62-25-11-13-27-64(62)63-26-12-10-24-61(63)52-32-34-56(35-33-52)75-77-73(54-20-6-2-7-21-54)76-74(78-75)55-22-8-3-9-23-55/h1-49H. The number of fused-ring (bicyclic) bond motifs is 6. The van der Waals surface area contributed by atoms with Gasteiger partial charge in [-0.05, 0) is 104 Å². The Hall–Kier alpha value is -10.8. The summed E-state index contributed by atoms with van der Waals surface area (Å²) in [7, 11) is 0. The Morgan fingerprint density at radius 3 is 0.912 bits per heavy atom. The maximum Gasteiger partial charge on any atom is 0.164 e. The second kappa shape index (κ2) is 19.7. The van der Waals surface area contributed by atoms with E-state index in [0.717, 1.165) is 50.3 Å². The van der Waals surface area contributed by atoms with Crippen molar-refractivity contribution < 1.29 is 0 Å². The van der Waals surface area contributed by atoms with Crippen LogP contribution < -0.4 is 0 Å². The summed E-state index contributed by atoms with van der Waals surface area (Å²) in [6.45, 7) is 0. The Morgan fingerprint density at radius 2 is 0.475 bits per heavy atom. The molecule has 0 saturated carbocycles. The van der Waals surface area contributed by atoms with Gasteiger partial charge in [0, 0.05) is 49.6 Å². The summed E-state index contributed by atoms with van der Waals surface area (Å²) < 4.78 is 4.83. The van der Waals surface area contributed by atoms with E-state index < -0.39 is 0 Å². The van der Waals surface area contributed by atoms with E-state index in [1.807, 2.05) is 60.7 Å². The Kier molecular flexibility index (Phi) is 11.4. The van der Waals surface area contributed by atoms with Gasteiger partial charge in [-0.3, -0.25) is 0 Å². The number of rotatable bonds is 10. The normalized spacial score (nSPS) is 11.5. The van der Waals surface area contributed by atoms with Crippen LogP contribution in [-0.4, -0.2) is 24.1 Å². The van der Waals surface area contributed by atoms with Crippen LogP contribution in [0, 0.1) is 0 Å². The van der Waals surface area contributed by atoms with Crippen LogP contribution in [0.4, 0.5) is 0 Å². The molecule has 15 aromatic rings. The van der Waals surface area contributed by atoms with Gasteiger partial charge < -0.3 is 9.13 Å². The molecule has 3 aromatic heterocycles. The van der Waals surface area contributed by atoms with Gasteiger partial charge in [-0.15, -0.1) is 0 Å². The van der Waals surface area contributed by atoms with Gasteiger partial charge in [0.1, 0.15) is 0 Å². The van der Waals surface area contributed by atoms with E-state index in [1.54, 1.807) is 0 Å². The third kappa shape index (κ3) is 8.24. The van der Waals surface area contributed by atoms with Crippen LogP contribution in [0.3, 0.4) is 0 Å². The zero-order valence-electron chi connectivity index (χ0n) is 43.5. The summed E-state index contributed by atoms with van der Waals surface area (Å²) in [5.41, 5.74) is 21.4. The zero-order valence-corrected chi connectivity index (χ0v) is 43.5. The summed E-state index contributed by atoms with van der Waals surface area (Å²) in [5.74, 6) is 1.92. The fourth-order valence-electron chi connectivity index (χ4n) is 11.8. The maximum absolute atomic E-state index is 4.99. The van der Waals surface area contributed by atoms with Crippen molar-refractivity contribution in [3.05, 3.63) is 297 Å². The molecule has 0 bridgehead atoms. The molecule has 0 atom stereocenters. The van der Waals surface area contributed by atoms with E-state index in [4.69, 9.17) is 15.0 Å². The molecule has 3 heterocycles. The third-order valence-corrected chi connectivity index (χ3v) is 15.6. The Balaban J connectivity index is 0.754. The molecule has 0 N–H and O–H groups in total. The molecule has 15 rings (SSSR count). The molecule has 0 amide bonds. The van der Waals surface area contributed by atoms with Gasteiger partial charge in [-0.25, -0.2) is 15.0 Å². The van der Waals surface area contributed by atoms with E-state index in [-0.39, 0.29) is 0 Å². The van der Waals surface area contributed by atoms with Crippen LogP contribution in [0.15, 0.2) is 297 Å². The molecule has 0 fully saturated rings. The lowest BCUT2D eigenvalue weighted by Gasteiger charge is -2.16. The van der Waals surface area contributed by atoms with Crippen LogP contribution in [0.1, 0.15) is 0 Å². The molecule has 80 heavy (non-hydrogen) atoms. The van der Waals surface area contributed by atoms with Crippen molar-refractivity contribution in [3.63, 3.8) is 0 Å². The van der Waals surface area contributed by atoms with Crippen molar-refractivity contribution in [1.29, 1.82) is 0 Å². The predicted octanol–water partition coefficient (Wildman–Crippen LogP) is 19.4. The van der Waals surface area contributed by atoms with Crippen molar-refractivity contribution >= 4 is 43.6 Å². The molecule has 0 aliphatic carbocycles. The van der Waals surface area contributed by atoms with Crippen LogP contribution in [0.5, 0.6) is 0 Å². The summed E-state index contributed by atoms with van der Waals surface area (Å²) in [6.07, 6.45) is 0. The highest BCUT2D eigenvalue weighted by molar-refractivity contribution is 6.11. The molecule has 0 unspecified atom stereocenters. The lowest BCUT2D eigenvalue weighted by Crippen LogP contribution is -2.00. The van der Waals surface area contributed by atoms with E-state index >= 15 is 0 Å². The minimum atomic E-state index is 0.632. The zero-order chi connectivity index (χ0) is 52.9. The molecular weight excluding hydrogens is 971 g/mol. The number of nitrogens with zero attached hydrogens (tertiary/aromatic N) is 5. The van der Waals surface area contributed by atoms with Crippen molar-refractivity contribution in [3.8, 4) is 101 Å². The lowest BCUT2D eigenvalue weighted by atomic mass is 9.89. The second-order valence-corrected chi connectivity index (χ2v) is 20.3. The second-order valence-electron chi connectivity index (χ2n) is 20.3. The smallest absolute Gasteiger partial charge is 0.164 e. The highest BCUT2D eigenvalue weighted by Crippen LogP contribution is 2.41. The van der Waals surface area contributed by atoms with E-state index in [0.29, 0.717) is 17.5 Å². The summed E-state index contributed by atoms with van der Waals surface area (Å²) in [5, 5.41) is 4.95. The van der Waals surface area contributed by atoms with Gasteiger partial charge in [0.2, 0.25) is 0 Å². The van der Waals surface area contributed by atoms with Crippen LogP contribution in [0.25, 0.3) is 145 Å². The molecule has 5 nitrogen and oxygen atoms in total. The number of hydrogen-bond acceptors (Lipinski definition) is 3. The highest BCUT2D eigenvalue weighted by atomic mass is 15.0. The third-order valence-electron chi connectivity index (χ3n) is 15.6. The molecule has 0 saturated heterocycles. The highest BCUT2D eigenvalue weighted by Gasteiger charge is 2.19. The van der Waals surface area contributed by atoms with Gasteiger partial charge in [-0.1, -0.05) is 249 Å². The molecule has 0 spiro atoms. The minimum absolute atomic E-state index is 0.632. The molecule has 12 aromatic carbocycles. The average Bonchev–Trinajstić information content (AvgIpc) is 4.22. The quantitative estimate of drug-likeness (QED) is 0.137. The SMILES string of the molecule is c1ccc(-c2ccc3c4ccccc4n(-c4ccc(-c5ccc6c7ccccc7n(-c7ccc(-c8ccccc8-c8ccccc8-c8ccc(-c9nc(-c%10ccccc%10)nc(-c%10ccccc%10)n9)cc8)cc7)c6c5)cc4)c3c2)cc1. The van der Waals surface area contributed by atoms with Gasteiger partial charge in [0.05, 0.1) is 22.1 Å². The van der Waals surface area contributed by atoms with Crippen LogP contribution >= 0.6 is 0 Å². The maximum atomic E-state index is 4.99. The molecule has 0 radical (unpaired) electrons. The van der Waals surface area contributed by atoms with Gasteiger partial charge in [0.25, 0.3) is 0 Å². The first-order chi connectivity index (χ1) is 39.7. The first kappa shape index (κ1) is 46.5. The molecule has 0 aliphatic rings. The summed E-state index contributed by atoms with van der Waals surface area (Å²) in [6, 6.07) is 106. The Bertz CT molecular complexity index is 4710. The molecule has 5 heteroatoms. The topological polar surface area (TPSA) is 48.5 Å². The molecular formula is C75H49N5. The Labute approximate surface area is 463 Å². The largest absolute Gasteiger partial charge is 0.309 e. The first-order valence-electron chi connectivity index (χ1n) is 27.2. The number of para-hydroxylation sites is 2. The van der Waals surface area contributed by atoms with Crippen LogP contribution in [0.2, 0.25) is 0 Å². The van der Waals surface area contributed by atoms with Crippen LogP contribution in [-0.2, 0) is 0 Å². The van der Waals surface area contributed by atoms with Crippen molar-refractivity contribution in [1.82, 2.24) is 24.1 Å². The van der Waals surface area contributed by atoms with E-state index in [1.165, 1.54) is 77.0 Å². The fourth-order valence-corrected chi connectivity index (χ4v) is 11.8. The van der Waals surface area contributed by atoms with Crippen molar-refractivity contribution in [2.75, 3.05) is 0 Å². The molecule has 0 aliphatic heterocycles. The van der Waals surface area contributed by atoms with E-state index in [2.05, 4.69) is 246 Å². The van der Waals surface area contributed by atoms with Crippen molar-refractivity contribution in [2.24, 2.45) is 0 Å². The summed E-state index contributed by atoms with van der Waals surface area (Å²) >= 11 is 0. The lowest BCUT2D eigenvalue weighted by molar-refractivity contribution is 1.07. The summed E-state index contributed by atoms with van der Waals surface area (Å²) in [4.78, 5) is 14.9. The predicted molar refractivity (Wildman–Crippen MR) is 332 cm³/mol. The number of benzene rings is 12. The van der Waals surface area contributed by atoms with Crippen molar-refractivity contribution in [2.45, 2.75) is 0 Å². The number of aromatic nitrogens is 5.